The Kier molecular flexibility index (Phi) is 5.01. The molecule has 0 radical (unpaired) electrons. The summed E-state index contributed by atoms with van der Waals surface area (Å²) in [5.74, 6) is 1.33. The van der Waals surface area contributed by atoms with E-state index in [4.69, 9.17) is 9.47 Å². The number of nitrogens with zero attached hydrogens (tertiary/aromatic N) is 2. The molecule has 3 rings (SSSR count). The number of para-hydroxylation sites is 1. The Bertz CT molecular complexity index is 662. The van der Waals surface area contributed by atoms with Crippen molar-refractivity contribution >= 4 is 12.0 Å². The number of carbonyl (C=O) groups excluding carboxylic acids is 1. The minimum absolute atomic E-state index is 0.122. The lowest BCUT2D eigenvalue weighted by atomic mass is 10.1. The van der Waals surface area contributed by atoms with E-state index in [-0.39, 0.29) is 5.78 Å². The smallest absolute Gasteiger partial charge is 0.205 e. The van der Waals surface area contributed by atoms with Crippen LogP contribution < -0.4 is 4.74 Å². The van der Waals surface area contributed by atoms with E-state index in [0.29, 0.717) is 37.6 Å². The van der Waals surface area contributed by atoms with Gasteiger partial charge in [-0.05, 0) is 36.4 Å². The fourth-order valence-corrected chi connectivity index (χ4v) is 2.19. The Balaban J connectivity index is 1.60. The molecule has 0 spiro atoms. The Hall–Kier alpha value is -2.66. The predicted octanol–water partition coefficient (Wildman–Crippen LogP) is 2.98. The van der Waals surface area contributed by atoms with E-state index in [9.17, 15) is 4.79 Å². The molecule has 1 saturated heterocycles. The van der Waals surface area contributed by atoms with Crippen LogP contribution >= 0.6 is 0 Å². The SMILES string of the molecule is O=C(C=NN1CCOCC1)c1ccc(Oc2ccccc2)cc1. The Labute approximate surface area is 135 Å². The van der Waals surface area contributed by atoms with E-state index in [2.05, 4.69) is 5.10 Å². The fraction of sp³-hybridized carbons (Fsp3) is 0.222. The van der Waals surface area contributed by atoms with Crippen molar-refractivity contribution in [2.45, 2.75) is 0 Å². The molecule has 1 heterocycles. The topological polar surface area (TPSA) is 51.1 Å². The first kappa shape index (κ1) is 15.2. The molecule has 0 saturated carbocycles. The van der Waals surface area contributed by atoms with Crippen molar-refractivity contribution in [3.05, 3.63) is 60.2 Å². The summed E-state index contributed by atoms with van der Waals surface area (Å²) in [6.45, 7) is 2.73. The van der Waals surface area contributed by atoms with Crippen LogP contribution in [0.5, 0.6) is 11.5 Å². The van der Waals surface area contributed by atoms with Crippen LogP contribution in [0.3, 0.4) is 0 Å². The molecule has 2 aromatic rings. The number of carbonyl (C=O) groups is 1. The molecule has 5 nitrogen and oxygen atoms in total. The van der Waals surface area contributed by atoms with Gasteiger partial charge in [0.1, 0.15) is 11.5 Å². The zero-order chi connectivity index (χ0) is 15.9. The van der Waals surface area contributed by atoms with E-state index in [0.717, 1.165) is 5.75 Å². The molecule has 0 bridgehead atoms. The van der Waals surface area contributed by atoms with Gasteiger partial charge in [-0.25, -0.2) is 0 Å². The van der Waals surface area contributed by atoms with E-state index in [1.807, 2.05) is 35.3 Å². The molecule has 1 aliphatic rings. The molecule has 0 unspecified atom stereocenters. The van der Waals surface area contributed by atoms with Crippen LogP contribution in [0.2, 0.25) is 0 Å². The maximum Gasteiger partial charge on any atom is 0.205 e. The number of benzene rings is 2. The average Bonchev–Trinajstić information content (AvgIpc) is 2.62. The number of hydrogen-bond acceptors (Lipinski definition) is 5. The van der Waals surface area contributed by atoms with Crippen LogP contribution in [0.25, 0.3) is 0 Å². The minimum Gasteiger partial charge on any atom is -0.457 e. The highest BCUT2D eigenvalue weighted by Gasteiger charge is 2.08. The van der Waals surface area contributed by atoms with Gasteiger partial charge >= 0.3 is 0 Å². The molecule has 118 valence electrons. The van der Waals surface area contributed by atoms with Gasteiger partial charge in [0.15, 0.2) is 0 Å². The number of ketones is 1. The molecule has 0 N–H and O–H groups in total. The highest BCUT2D eigenvalue weighted by atomic mass is 16.5. The van der Waals surface area contributed by atoms with Crippen LogP contribution in [0.4, 0.5) is 0 Å². The third-order valence-electron chi connectivity index (χ3n) is 3.44. The second-order valence-corrected chi connectivity index (χ2v) is 5.11. The van der Waals surface area contributed by atoms with Gasteiger partial charge in [-0.1, -0.05) is 18.2 Å². The number of hydrazone groups is 1. The second-order valence-electron chi connectivity index (χ2n) is 5.11. The summed E-state index contributed by atoms with van der Waals surface area (Å²) < 4.78 is 10.9. The van der Waals surface area contributed by atoms with Crippen molar-refractivity contribution in [2.75, 3.05) is 26.3 Å². The van der Waals surface area contributed by atoms with E-state index < -0.39 is 0 Å². The maximum atomic E-state index is 12.1. The first-order valence-electron chi connectivity index (χ1n) is 7.55. The molecule has 0 aromatic heterocycles. The van der Waals surface area contributed by atoms with Gasteiger partial charge in [0.05, 0.1) is 32.5 Å². The summed E-state index contributed by atoms with van der Waals surface area (Å²) in [5, 5.41) is 6.04. The van der Waals surface area contributed by atoms with Gasteiger partial charge in [-0.2, -0.15) is 5.10 Å². The van der Waals surface area contributed by atoms with E-state index in [1.54, 1.807) is 24.3 Å². The number of hydrogen-bond donors (Lipinski definition) is 0. The van der Waals surface area contributed by atoms with Gasteiger partial charge in [0.25, 0.3) is 0 Å². The first-order chi connectivity index (χ1) is 11.3. The zero-order valence-electron chi connectivity index (χ0n) is 12.7. The van der Waals surface area contributed by atoms with Crippen LogP contribution in [-0.4, -0.2) is 43.3 Å². The predicted molar refractivity (Wildman–Crippen MR) is 88.2 cm³/mol. The highest BCUT2D eigenvalue weighted by molar-refractivity contribution is 6.35. The third-order valence-corrected chi connectivity index (χ3v) is 3.44. The third kappa shape index (κ3) is 4.40. The lowest BCUT2D eigenvalue weighted by molar-refractivity contribution is 0.0395. The van der Waals surface area contributed by atoms with E-state index >= 15 is 0 Å². The van der Waals surface area contributed by atoms with Crippen molar-refractivity contribution < 1.29 is 14.3 Å². The van der Waals surface area contributed by atoms with Crippen LogP contribution in [-0.2, 0) is 4.74 Å². The molecule has 0 atom stereocenters. The molecule has 0 amide bonds. The zero-order valence-corrected chi connectivity index (χ0v) is 12.7. The molecule has 5 heteroatoms. The number of rotatable bonds is 5. The molecule has 23 heavy (non-hydrogen) atoms. The lowest BCUT2D eigenvalue weighted by Crippen LogP contribution is -2.32. The largest absolute Gasteiger partial charge is 0.457 e. The average molecular weight is 310 g/mol. The highest BCUT2D eigenvalue weighted by Crippen LogP contribution is 2.21. The number of morpholine rings is 1. The van der Waals surface area contributed by atoms with Gasteiger partial charge in [0.2, 0.25) is 5.78 Å². The van der Waals surface area contributed by atoms with Crippen LogP contribution in [0.1, 0.15) is 10.4 Å². The maximum absolute atomic E-state index is 12.1. The van der Waals surface area contributed by atoms with Crippen molar-refractivity contribution in [3.63, 3.8) is 0 Å². The normalized spacial score (nSPS) is 14.9. The molecule has 1 fully saturated rings. The van der Waals surface area contributed by atoms with Crippen LogP contribution in [0.15, 0.2) is 59.7 Å². The molecule has 0 aliphatic carbocycles. The number of ether oxygens (including phenoxy) is 2. The van der Waals surface area contributed by atoms with Crippen molar-refractivity contribution in [2.24, 2.45) is 5.10 Å². The quantitative estimate of drug-likeness (QED) is 0.629. The Morgan fingerprint density at radius 1 is 1.00 bits per heavy atom. The monoisotopic (exact) mass is 310 g/mol. The molecule has 1 aliphatic heterocycles. The summed E-state index contributed by atoms with van der Waals surface area (Å²) in [4.78, 5) is 12.1. The Morgan fingerprint density at radius 3 is 2.35 bits per heavy atom. The minimum atomic E-state index is -0.122. The second kappa shape index (κ2) is 7.56. The summed E-state index contributed by atoms with van der Waals surface area (Å²) in [6, 6.07) is 16.6. The summed E-state index contributed by atoms with van der Waals surface area (Å²) in [5.41, 5.74) is 0.586. The van der Waals surface area contributed by atoms with Crippen molar-refractivity contribution in [1.29, 1.82) is 0 Å². The summed E-state index contributed by atoms with van der Waals surface area (Å²) in [7, 11) is 0. The van der Waals surface area contributed by atoms with Crippen molar-refractivity contribution in [1.82, 2.24) is 5.01 Å². The van der Waals surface area contributed by atoms with Gasteiger partial charge in [0, 0.05) is 5.56 Å². The van der Waals surface area contributed by atoms with E-state index in [1.165, 1.54) is 6.21 Å². The van der Waals surface area contributed by atoms with Crippen LogP contribution in [0, 0.1) is 0 Å². The first-order valence-corrected chi connectivity index (χ1v) is 7.55. The molecule has 2 aromatic carbocycles. The Morgan fingerprint density at radius 2 is 1.65 bits per heavy atom. The summed E-state index contributed by atoms with van der Waals surface area (Å²) in [6.07, 6.45) is 1.36. The standard InChI is InChI=1S/C18H18N2O3/c21-18(14-19-20-10-12-22-13-11-20)15-6-8-17(9-7-15)23-16-4-2-1-3-5-16/h1-9,14H,10-13H2. The van der Waals surface area contributed by atoms with Gasteiger partial charge < -0.3 is 9.47 Å². The molecular weight excluding hydrogens is 292 g/mol. The summed E-state index contributed by atoms with van der Waals surface area (Å²) >= 11 is 0. The fourth-order valence-electron chi connectivity index (χ4n) is 2.19. The van der Waals surface area contributed by atoms with Gasteiger partial charge in [-0.3, -0.25) is 9.80 Å². The molecular formula is C18H18N2O3. The van der Waals surface area contributed by atoms with Crippen molar-refractivity contribution in [3.8, 4) is 11.5 Å². The van der Waals surface area contributed by atoms with Gasteiger partial charge in [-0.15, -0.1) is 0 Å². The number of Topliss-reactive ketones (excluding diaryl/α,β-unsaturated/α-hetero) is 1. The lowest BCUT2D eigenvalue weighted by Gasteiger charge is -2.23.